The third kappa shape index (κ3) is 4.53. The fourth-order valence-electron chi connectivity index (χ4n) is 2.89. The van der Waals surface area contributed by atoms with E-state index in [1.54, 1.807) is 0 Å². The number of hydrogen-bond acceptors (Lipinski definition) is 4. The van der Waals surface area contributed by atoms with Gasteiger partial charge < -0.3 is 14.5 Å². The third-order valence-electron chi connectivity index (χ3n) is 3.97. The van der Waals surface area contributed by atoms with Crippen molar-refractivity contribution < 1.29 is 9.53 Å². The van der Waals surface area contributed by atoms with Gasteiger partial charge in [-0.15, -0.1) is 0 Å². The van der Waals surface area contributed by atoms with Crippen LogP contribution >= 0.6 is 15.9 Å². The maximum atomic E-state index is 11.5. The highest BCUT2D eigenvalue weighted by molar-refractivity contribution is 9.10. The SMILES string of the molecule is COC(=O)c1ccc(CN(C)CC2CCN(C)C2)c(Br)c1. The Morgan fingerprint density at radius 1 is 1.52 bits per heavy atom. The van der Waals surface area contributed by atoms with E-state index in [9.17, 15) is 4.79 Å². The minimum atomic E-state index is -0.301. The van der Waals surface area contributed by atoms with Gasteiger partial charge in [-0.1, -0.05) is 22.0 Å². The first-order chi connectivity index (χ1) is 9.99. The zero-order valence-electron chi connectivity index (χ0n) is 12.9. The molecule has 1 aromatic rings. The van der Waals surface area contributed by atoms with E-state index in [0.29, 0.717) is 5.56 Å². The highest BCUT2D eigenvalue weighted by atomic mass is 79.9. The highest BCUT2D eigenvalue weighted by Gasteiger charge is 2.21. The Labute approximate surface area is 135 Å². The van der Waals surface area contributed by atoms with Gasteiger partial charge in [0, 0.05) is 24.1 Å². The molecule has 0 radical (unpaired) electrons. The molecule has 0 amide bonds. The number of benzene rings is 1. The number of halogens is 1. The Morgan fingerprint density at radius 3 is 2.86 bits per heavy atom. The Bertz CT molecular complexity index is 507. The molecule has 0 aliphatic carbocycles. The molecule has 4 nitrogen and oxygen atoms in total. The molecule has 1 aromatic carbocycles. The van der Waals surface area contributed by atoms with E-state index in [0.717, 1.165) is 23.5 Å². The van der Waals surface area contributed by atoms with E-state index in [4.69, 9.17) is 4.74 Å². The molecule has 0 bridgehead atoms. The standard InChI is InChI=1S/C16H23BrN2O2/c1-18-7-6-12(9-18)10-19(2)11-14-5-4-13(8-15(14)17)16(20)21-3/h4-5,8,12H,6-7,9-11H2,1-3H3. The molecule has 116 valence electrons. The summed E-state index contributed by atoms with van der Waals surface area (Å²) in [5.74, 6) is 0.456. The predicted molar refractivity (Wildman–Crippen MR) is 87.4 cm³/mol. The maximum absolute atomic E-state index is 11.5. The van der Waals surface area contributed by atoms with Gasteiger partial charge in [0.15, 0.2) is 0 Å². The Morgan fingerprint density at radius 2 is 2.29 bits per heavy atom. The van der Waals surface area contributed by atoms with Crippen molar-refractivity contribution in [3.8, 4) is 0 Å². The van der Waals surface area contributed by atoms with Crippen LogP contribution < -0.4 is 0 Å². The van der Waals surface area contributed by atoms with Crippen molar-refractivity contribution in [3.63, 3.8) is 0 Å². The van der Waals surface area contributed by atoms with Crippen LogP contribution in [0, 0.1) is 5.92 Å². The van der Waals surface area contributed by atoms with E-state index < -0.39 is 0 Å². The normalized spacial score (nSPS) is 19.2. The zero-order valence-corrected chi connectivity index (χ0v) is 14.5. The molecule has 0 saturated carbocycles. The maximum Gasteiger partial charge on any atom is 0.337 e. The average molecular weight is 355 g/mol. The van der Waals surface area contributed by atoms with Crippen molar-refractivity contribution in [2.24, 2.45) is 5.92 Å². The monoisotopic (exact) mass is 354 g/mol. The molecule has 2 rings (SSSR count). The van der Waals surface area contributed by atoms with Gasteiger partial charge in [0.25, 0.3) is 0 Å². The molecule has 0 spiro atoms. The van der Waals surface area contributed by atoms with E-state index in [1.165, 1.54) is 32.2 Å². The van der Waals surface area contributed by atoms with E-state index in [1.807, 2.05) is 18.2 Å². The van der Waals surface area contributed by atoms with Gasteiger partial charge in [-0.05, 0) is 50.7 Å². The minimum Gasteiger partial charge on any atom is -0.465 e. The van der Waals surface area contributed by atoms with Crippen molar-refractivity contribution >= 4 is 21.9 Å². The lowest BCUT2D eigenvalue weighted by Crippen LogP contribution is -2.27. The fourth-order valence-corrected chi connectivity index (χ4v) is 3.40. The van der Waals surface area contributed by atoms with Gasteiger partial charge in [0.1, 0.15) is 0 Å². The molecular formula is C16H23BrN2O2. The highest BCUT2D eigenvalue weighted by Crippen LogP contribution is 2.22. The summed E-state index contributed by atoms with van der Waals surface area (Å²) in [7, 11) is 5.73. The lowest BCUT2D eigenvalue weighted by molar-refractivity contribution is 0.0600. The van der Waals surface area contributed by atoms with Crippen molar-refractivity contribution in [1.82, 2.24) is 9.80 Å². The molecule has 1 unspecified atom stereocenters. The predicted octanol–water partition coefficient (Wildman–Crippen LogP) is 2.62. The molecule has 21 heavy (non-hydrogen) atoms. The quantitative estimate of drug-likeness (QED) is 0.761. The van der Waals surface area contributed by atoms with Gasteiger partial charge in [0.2, 0.25) is 0 Å². The van der Waals surface area contributed by atoms with Gasteiger partial charge >= 0.3 is 5.97 Å². The van der Waals surface area contributed by atoms with Crippen LogP contribution in [0.5, 0.6) is 0 Å². The number of hydrogen-bond donors (Lipinski definition) is 0. The second-order valence-corrected chi connectivity index (χ2v) is 6.77. The fraction of sp³-hybridized carbons (Fsp3) is 0.562. The summed E-state index contributed by atoms with van der Waals surface area (Å²) in [6.45, 7) is 4.38. The van der Waals surface area contributed by atoms with E-state index in [2.05, 4.69) is 39.8 Å². The van der Waals surface area contributed by atoms with Crippen LogP contribution in [0.25, 0.3) is 0 Å². The summed E-state index contributed by atoms with van der Waals surface area (Å²) in [5.41, 5.74) is 1.77. The van der Waals surface area contributed by atoms with Crippen LogP contribution in [0.2, 0.25) is 0 Å². The number of methoxy groups -OCH3 is 1. The number of carbonyl (C=O) groups is 1. The minimum absolute atomic E-state index is 0.301. The van der Waals surface area contributed by atoms with Crippen molar-refractivity contribution in [2.45, 2.75) is 13.0 Å². The Balaban J connectivity index is 1.94. The van der Waals surface area contributed by atoms with Crippen molar-refractivity contribution in [1.29, 1.82) is 0 Å². The van der Waals surface area contributed by atoms with Crippen molar-refractivity contribution in [3.05, 3.63) is 33.8 Å². The summed E-state index contributed by atoms with van der Waals surface area (Å²) >= 11 is 3.55. The topological polar surface area (TPSA) is 32.8 Å². The summed E-state index contributed by atoms with van der Waals surface area (Å²) in [4.78, 5) is 16.2. The van der Waals surface area contributed by atoms with E-state index in [-0.39, 0.29) is 5.97 Å². The summed E-state index contributed by atoms with van der Waals surface area (Å²) in [6.07, 6.45) is 1.28. The molecule has 5 heteroatoms. The van der Waals surface area contributed by atoms with Crippen LogP contribution in [0.4, 0.5) is 0 Å². The largest absolute Gasteiger partial charge is 0.465 e. The van der Waals surface area contributed by atoms with Crippen LogP contribution in [-0.4, -0.2) is 56.6 Å². The molecule has 1 aliphatic heterocycles. The number of nitrogens with zero attached hydrogens (tertiary/aromatic N) is 2. The first-order valence-corrected chi connectivity index (χ1v) is 8.02. The lowest BCUT2D eigenvalue weighted by Gasteiger charge is -2.21. The number of likely N-dealkylation sites (tertiary alicyclic amines) is 1. The Kier molecular flexibility index (Phi) is 5.79. The molecule has 1 fully saturated rings. The molecule has 1 atom stereocenters. The summed E-state index contributed by atoms with van der Waals surface area (Å²) in [5, 5.41) is 0. The first-order valence-electron chi connectivity index (χ1n) is 7.23. The number of rotatable bonds is 5. The smallest absolute Gasteiger partial charge is 0.337 e. The van der Waals surface area contributed by atoms with Crippen LogP contribution in [-0.2, 0) is 11.3 Å². The van der Waals surface area contributed by atoms with Gasteiger partial charge in [-0.25, -0.2) is 4.79 Å². The average Bonchev–Trinajstić information content (AvgIpc) is 2.85. The second kappa shape index (κ2) is 7.38. The second-order valence-electron chi connectivity index (χ2n) is 5.91. The number of ether oxygens (including phenoxy) is 1. The van der Waals surface area contributed by atoms with Crippen LogP contribution in [0.3, 0.4) is 0 Å². The molecule has 1 heterocycles. The molecule has 1 aliphatic rings. The number of esters is 1. The zero-order chi connectivity index (χ0) is 15.4. The van der Waals surface area contributed by atoms with Gasteiger partial charge in [0.05, 0.1) is 12.7 Å². The van der Waals surface area contributed by atoms with Gasteiger partial charge in [-0.3, -0.25) is 0 Å². The summed E-state index contributed by atoms with van der Waals surface area (Å²) < 4.78 is 5.70. The van der Waals surface area contributed by atoms with E-state index >= 15 is 0 Å². The molecule has 0 N–H and O–H groups in total. The van der Waals surface area contributed by atoms with Gasteiger partial charge in [-0.2, -0.15) is 0 Å². The molecular weight excluding hydrogens is 332 g/mol. The first kappa shape index (κ1) is 16.5. The van der Waals surface area contributed by atoms with Crippen molar-refractivity contribution in [2.75, 3.05) is 40.8 Å². The molecule has 1 saturated heterocycles. The molecule has 0 aromatic heterocycles. The number of carbonyl (C=O) groups excluding carboxylic acids is 1. The Hall–Kier alpha value is -0.910. The third-order valence-corrected chi connectivity index (χ3v) is 4.71. The van der Waals surface area contributed by atoms with Crippen LogP contribution in [0.15, 0.2) is 22.7 Å². The lowest BCUT2D eigenvalue weighted by atomic mass is 10.1. The summed E-state index contributed by atoms with van der Waals surface area (Å²) in [6, 6.07) is 5.65. The van der Waals surface area contributed by atoms with Crippen LogP contribution in [0.1, 0.15) is 22.3 Å².